The summed E-state index contributed by atoms with van der Waals surface area (Å²) in [5.41, 5.74) is 0.945. The summed E-state index contributed by atoms with van der Waals surface area (Å²) in [6.07, 6.45) is 0. The van der Waals surface area contributed by atoms with Gasteiger partial charge in [0, 0.05) is 0 Å². The zero-order chi connectivity index (χ0) is 12.3. The number of aromatic hydroxyl groups is 1. The molecule has 2 rings (SSSR count). The van der Waals surface area contributed by atoms with E-state index in [0.29, 0.717) is 0 Å². The molecule has 0 fully saturated rings. The molecule has 2 nitrogen and oxygen atoms in total. The van der Waals surface area contributed by atoms with Crippen LogP contribution in [0, 0.1) is 5.82 Å². The number of hydrogen-bond donors (Lipinski definition) is 2. The topological polar surface area (TPSA) is 29.5 Å². The van der Waals surface area contributed by atoms with Gasteiger partial charge < -0.3 is 9.84 Å². The summed E-state index contributed by atoms with van der Waals surface area (Å²) in [7, 11) is 0. The smallest absolute Gasteiger partial charge is 0.182 e. The monoisotopic (exact) mass is 250 g/mol. The summed E-state index contributed by atoms with van der Waals surface area (Å²) in [5, 5.41) is 9.24. The Hall–Kier alpha value is -1.68. The Bertz CT molecular complexity index is 514. The quantitative estimate of drug-likeness (QED) is 0.818. The summed E-state index contributed by atoms with van der Waals surface area (Å²) >= 11 is 3.86. The molecule has 88 valence electrons. The van der Waals surface area contributed by atoms with Crippen LogP contribution in [0.3, 0.4) is 0 Å². The molecule has 0 radical (unpaired) electrons. The van der Waals surface area contributed by atoms with Crippen LogP contribution in [-0.4, -0.2) is 5.11 Å². The Balaban J connectivity index is 2.13. The maximum absolute atomic E-state index is 13.6. The van der Waals surface area contributed by atoms with Crippen molar-refractivity contribution in [2.24, 2.45) is 0 Å². The van der Waals surface area contributed by atoms with Crippen LogP contribution in [-0.2, 0) is 6.61 Å². The summed E-state index contributed by atoms with van der Waals surface area (Å²) < 4.78 is 18.9. The lowest BCUT2D eigenvalue weighted by molar-refractivity contribution is 0.286. The van der Waals surface area contributed by atoms with Crippen LogP contribution in [0.5, 0.6) is 11.5 Å². The van der Waals surface area contributed by atoms with E-state index in [2.05, 4.69) is 12.6 Å². The number of thiol groups is 1. The Morgan fingerprint density at radius 1 is 1.12 bits per heavy atom. The van der Waals surface area contributed by atoms with Crippen LogP contribution >= 0.6 is 12.6 Å². The first-order valence-electron chi connectivity index (χ1n) is 5.05. The number of phenolic OH excluding ortho intramolecular Hbond substituents is 1. The van der Waals surface area contributed by atoms with E-state index in [1.165, 1.54) is 12.1 Å². The van der Waals surface area contributed by atoms with E-state index in [-0.39, 0.29) is 23.0 Å². The number of ether oxygens (including phenoxy) is 1. The predicted octanol–water partition coefficient (Wildman–Crippen LogP) is 3.40. The number of rotatable bonds is 3. The first-order valence-corrected chi connectivity index (χ1v) is 5.50. The van der Waals surface area contributed by atoms with Crippen molar-refractivity contribution in [3.63, 3.8) is 0 Å². The Morgan fingerprint density at radius 2 is 1.82 bits per heavy atom. The highest BCUT2D eigenvalue weighted by Crippen LogP contribution is 2.31. The molecule has 0 heterocycles. The molecule has 17 heavy (non-hydrogen) atoms. The molecule has 0 aliphatic rings. The van der Waals surface area contributed by atoms with Crippen molar-refractivity contribution in [3.8, 4) is 11.5 Å². The second-order valence-electron chi connectivity index (χ2n) is 3.52. The first-order chi connectivity index (χ1) is 8.18. The number of hydrogen-bond acceptors (Lipinski definition) is 3. The lowest BCUT2D eigenvalue weighted by Crippen LogP contribution is -1.97. The van der Waals surface area contributed by atoms with Crippen LogP contribution in [0.4, 0.5) is 4.39 Å². The average molecular weight is 250 g/mol. The van der Waals surface area contributed by atoms with Gasteiger partial charge in [-0.3, -0.25) is 0 Å². The summed E-state index contributed by atoms with van der Waals surface area (Å²) in [6, 6.07) is 12.2. The van der Waals surface area contributed by atoms with Gasteiger partial charge in [0.25, 0.3) is 0 Å². The highest BCUT2D eigenvalue weighted by Gasteiger charge is 2.10. The molecule has 0 saturated carbocycles. The van der Waals surface area contributed by atoms with Gasteiger partial charge in [0.15, 0.2) is 11.6 Å². The van der Waals surface area contributed by atoms with Gasteiger partial charge in [0.05, 0.1) is 4.90 Å². The van der Waals surface area contributed by atoms with Crippen LogP contribution in [0.25, 0.3) is 0 Å². The molecule has 1 N–H and O–H groups in total. The molecular weight excluding hydrogens is 239 g/mol. The van der Waals surface area contributed by atoms with Crippen molar-refractivity contribution in [2.75, 3.05) is 0 Å². The molecule has 0 spiro atoms. The van der Waals surface area contributed by atoms with Gasteiger partial charge in [-0.15, -0.1) is 12.6 Å². The summed E-state index contributed by atoms with van der Waals surface area (Å²) in [4.78, 5) is -0.101. The van der Waals surface area contributed by atoms with Crippen LogP contribution in [0.15, 0.2) is 47.4 Å². The Kier molecular flexibility index (Phi) is 3.54. The lowest BCUT2D eigenvalue weighted by atomic mass is 10.2. The van der Waals surface area contributed by atoms with Crippen molar-refractivity contribution in [2.45, 2.75) is 11.5 Å². The largest absolute Gasteiger partial charge is 0.507 e. The fourth-order valence-corrected chi connectivity index (χ4v) is 1.57. The number of benzene rings is 2. The second kappa shape index (κ2) is 5.10. The zero-order valence-electron chi connectivity index (χ0n) is 8.93. The fraction of sp³-hybridized carbons (Fsp3) is 0.0769. The SMILES string of the molecule is Oc1ccc(OCc2ccccc2)c(F)c1S. The second-order valence-corrected chi connectivity index (χ2v) is 3.97. The van der Waals surface area contributed by atoms with E-state index in [1.54, 1.807) is 0 Å². The third-order valence-corrected chi connectivity index (χ3v) is 2.72. The lowest BCUT2D eigenvalue weighted by Gasteiger charge is -2.09. The molecule has 2 aromatic carbocycles. The third-order valence-electron chi connectivity index (χ3n) is 2.30. The molecule has 0 aromatic heterocycles. The van der Waals surface area contributed by atoms with Gasteiger partial charge in [-0.25, -0.2) is 4.39 Å². The van der Waals surface area contributed by atoms with Gasteiger partial charge in [-0.2, -0.15) is 0 Å². The normalized spacial score (nSPS) is 10.2. The van der Waals surface area contributed by atoms with Crippen LogP contribution < -0.4 is 4.74 Å². The van der Waals surface area contributed by atoms with Crippen molar-refractivity contribution in [3.05, 3.63) is 53.8 Å². The Labute approximate surface area is 104 Å². The number of halogens is 1. The van der Waals surface area contributed by atoms with Crippen LogP contribution in [0.2, 0.25) is 0 Å². The van der Waals surface area contributed by atoms with Gasteiger partial charge >= 0.3 is 0 Å². The summed E-state index contributed by atoms with van der Waals surface area (Å²) in [5.74, 6) is -0.765. The predicted molar refractivity (Wildman–Crippen MR) is 66.1 cm³/mol. The summed E-state index contributed by atoms with van der Waals surface area (Å²) in [6.45, 7) is 0.274. The molecule has 4 heteroatoms. The minimum atomic E-state index is -0.649. The highest BCUT2D eigenvalue weighted by molar-refractivity contribution is 7.80. The highest BCUT2D eigenvalue weighted by atomic mass is 32.1. The van der Waals surface area contributed by atoms with E-state index in [4.69, 9.17) is 4.74 Å². The fourth-order valence-electron chi connectivity index (χ4n) is 1.38. The third kappa shape index (κ3) is 2.71. The van der Waals surface area contributed by atoms with Gasteiger partial charge in [-0.05, 0) is 17.7 Å². The van der Waals surface area contributed by atoms with Crippen molar-refractivity contribution < 1.29 is 14.2 Å². The van der Waals surface area contributed by atoms with Gasteiger partial charge in [-0.1, -0.05) is 30.3 Å². The molecule has 0 saturated heterocycles. The van der Waals surface area contributed by atoms with Crippen molar-refractivity contribution in [1.82, 2.24) is 0 Å². The maximum atomic E-state index is 13.6. The minimum absolute atomic E-state index is 0.0802. The molecule has 0 aliphatic carbocycles. The molecule has 2 aromatic rings. The van der Waals surface area contributed by atoms with E-state index in [0.717, 1.165) is 5.56 Å². The van der Waals surface area contributed by atoms with Crippen LogP contribution in [0.1, 0.15) is 5.56 Å². The van der Waals surface area contributed by atoms with E-state index in [1.807, 2.05) is 30.3 Å². The van der Waals surface area contributed by atoms with E-state index in [9.17, 15) is 9.50 Å². The van der Waals surface area contributed by atoms with E-state index < -0.39 is 5.82 Å². The number of phenols is 1. The molecule has 0 amide bonds. The minimum Gasteiger partial charge on any atom is -0.507 e. The molecule has 0 aliphatic heterocycles. The van der Waals surface area contributed by atoms with E-state index >= 15 is 0 Å². The standard InChI is InChI=1S/C13H11FO2S/c14-12-11(7-6-10(15)13(12)17)16-8-9-4-2-1-3-5-9/h1-7,15,17H,8H2. The molecule has 0 atom stereocenters. The van der Waals surface area contributed by atoms with Gasteiger partial charge in [0.2, 0.25) is 0 Å². The average Bonchev–Trinajstić information content (AvgIpc) is 2.36. The van der Waals surface area contributed by atoms with Gasteiger partial charge in [0.1, 0.15) is 12.4 Å². The molecule has 0 bridgehead atoms. The molecule has 0 unspecified atom stereocenters. The maximum Gasteiger partial charge on any atom is 0.182 e. The zero-order valence-corrected chi connectivity index (χ0v) is 9.82. The first kappa shape index (κ1) is 11.8. The molecular formula is C13H11FO2S. The van der Waals surface area contributed by atoms with Crippen molar-refractivity contribution in [1.29, 1.82) is 0 Å². The van der Waals surface area contributed by atoms with Crippen molar-refractivity contribution >= 4 is 12.6 Å². The Morgan fingerprint density at radius 3 is 2.53 bits per heavy atom.